The standard InChI is InChI=1S/C18H13ClN2O6S/c1-27-14-7-11(6-13(19)16(14)22)8-15-17(23)20(18(24)28-15)9-10-3-2-4-12(5-10)21(25)26/h2-8,22H,9H2,1H3. The van der Waals surface area contributed by atoms with Crippen LogP contribution in [-0.2, 0) is 11.3 Å². The van der Waals surface area contributed by atoms with E-state index in [1.54, 1.807) is 6.07 Å². The number of carbonyl (C=O) groups is 2. The summed E-state index contributed by atoms with van der Waals surface area (Å²) in [4.78, 5) is 36.4. The van der Waals surface area contributed by atoms with E-state index in [1.807, 2.05) is 0 Å². The lowest BCUT2D eigenvalue weighted by molar-refractivity contribution is -0.384. The average molecular weight is 421 g/mol. The molecule has 10 heteroatoms. The number of amides is 2. The van der Waals surface area contributed by atoms with E-state index in [2.05, 4.69) is 0 Å². The predicted molar refractivity (Wildman–Crippen MR) is 104 cm³/mol. The summed E-state index contributed by atoms with van der Waals surface area (Å²) in [6.07, 6.45) is 1.46. The van der Waals surface area contributed by atoms with Crippen LogP contribution >= 0.6 is 23.4 Å². The quantitative estimate of drug-likeness (QED) is 0.438. The topological polar surface area (TPSA) is 110 Å². The highest BCUT2D eigenvalue weighted by molar-refractivity contribution is 8.18. The highest BCUT2D eigenvalue weighted by Gasteiger charge is 2.35. The van der Waals surface area contributed by atoms with Crippen LogP contribution in [0.3, 0.4) is 0 Å². The molecule has 1 aliphatic heterocycles. The van der Waals surface area contributed by atoms with Crippen molar-refractivity contribution in [2.24, 2.45) is 0 Å². The summed E-state index contributed by atoms with van der Waals surface area (Å²) in [6, 6.07) is 8.66. The van der Waals surface area contributed by atoms with Crippen molar-refractivity contribution < 1.29 is 24.4 Å². The summed E-state index contributed by atoms with van der Waals surface area (Å²) in [5.41, 5.74) is 0.818. The molecule has 2 aromatic rings. The molecule has 0 aliphatic carbocycles. The van der Waals surface area contributed by atoms with Gasteiger partial charge in [-0.25, -0.2) is 0 Å². The molecule has 1 saturated heterocycles. The third-order valence-electron chi connectivity index (χ3n) is 3.90. The summed E-state index contributed by atoms with van der Waals surface area (Å²) >= 11 is 6.69. The number of phenols is 1. The fourth-order valence-corrected chi connectivity index (χ4v) is 3.63. The van der Waals surface area contributed by atoms with Crippen molar-refractivity contribution >= 4 is 46.3 Å². The van der Waals surface area contributed by atoms with Crippen molar-refractivity contribution in [3.05, 3.63) is 67.6 Å². The average Bonchev–Trinajstić information content (AvgIpc) is 2.92. The van der Waals surface area contributed by atoms with Gasteiger partial charge in [-0.05, 0) is 41.1 Å². The van der Waals surface area contributed by atoms with E-state index in [9.17, 15) is 24.8 Å². The molecule has 1 aliphatic rings. The Kier molecular flexibility index (Phi) is 5.57. The number of rotatable bonds is 5. The van der Waals surface area contributed by atoms with Gasteiger partial charge in [0.05, 0.1) is 28.5 Å². The van der Waals surface area contributed by atoms with Gasteiger partial charge >= 0.3 is 0 Å². The molecule has 0 unspecified atom stereocenters. The van der Waals surface area contributed by atoms with E-state index in [0.29, 0.717) is 11.1 Å². The first-order valence-corrected chi connectivity index (χ1v) is 9.05. The second-order valence-corrected chi connectivity index (χ2v) is 7.15. The Bertz CT molecular complexity index is 1020. The highest BCUT2D eigenvalue weighted by Crippen LogP contribution is 2.38. The molecule has 0 spiro atoms. The molecule has 8 nitrogen and oxygen atoms in total. The van der Waals surface area contributed by atoms with Crippen molar-refractivity contribution in [3.63, 3.8) is 0 Å². The molecule has 0 bridgehead atoms. The molecule has 2 aromatic carbocycles. The Morgan fingerprint density at radius 1 is 1.32 bits per heavy atom. The van der Waals surface area contributed by atoms with Crippen LogP contribution in [0.4, 0.5) is 10.5 Å². The number of imide groups is 1. The Hall–Kier alpha value is -3.04. The van der Waals surface area contributed by atoms with Gasteiger partial charge in [-0.2, -0.15) is 0 Å². The summed E-state index contributed by atoms with van der Waals surface area (Å²) in [5, 5.41) is 20.2. The largest absolute Gasteiger partial charge is 0.503 e. The summed E-state index contributed by atoms with van der Waals surface area (Å²) < 4.78 is 5.02. The summed E-state index contributed by atoms with van der Waals surface area (Å²) in [6.45, 7) is -0.0800. The minimum atomic E-state index is -0.543. The van der Waals surface area contributed by atoms with Crippen molar-refractivity contribution in [1.29, 1.82) is 0 Å². The van der Waals surface area contributed by atoms with Crippen LogP contribution in [0.25, 0.3) is 6.08 Å². The number of non-ortho nitro benzene ring substituents is 1. The van der Waals surface area contributed by atoms with Crippen LogP contribution in [0.1, 0.15) is 11.1 Å². The first kappa shape index (κ1) is 19.7. The lowest BCUT2D eigenvalue weighted by Gasteiger charge is -2.12. The molecule has 144 valence electrons. The Labute approximate surface area is 168 Å². The SMILES string of the molecule is COc1cc(C=C2SC(=O)N(Cc3cccc([N+](=O)[O-])c3)C2=O)cc(Cl)c1O. The van der Waals surface area contributed by atoms with Crippen molar-refractivity contribution in [3.8, 4) is 11.5 Å². The second kappa shape index (κ2) is 7.91. The number of nitro groups is 1. The Morgan fingerprint density at radius 3 is 2.75 bits per heavy atom. The van der Waals surface area contributed by atoms with Gasteiger partial charge in [-0.3, -0.25) is 24.6 Å². The predicted octanol–water partition coefficient (Wildman–Crippen LogP) is 4.20. The number of nitro benzene ring substituents is 1. The number of carbonyl (C=O) groups excluding carboxylic acids is 2. The molecule has 2 amide bonds. The zero-order valence-electron chi connectivity index (χ0n) is 14.4. The number of benzene rings is 2. The normalized spacial score (nSPS) is 15.4. The van der Waals surface area contributed by atoms with Crippen molar-refractivity contribution in [2.45, 2.75) is 6.54 Å². The van der Waals surface area contributed by atoms with Crippen LogP contribution in [0, 0.1) is 10.1 Å². The molecule has 1 heterocycles. The van der Waals surface area contributed by atoms with Crippen LogP contribution in [0.15, 0.2) is 41.3 Å². The molecule has 0 aromatic heterocycles. The third kappa shape index (κ3) is 3.95. The molecular formula is C18H13ClN2O6S. The molecular weight excluding hydrogens is 408 g/mol. The fourth-order valence-electron chi connectivity index (χ4n) is 2.57. The molecule has 28 heavy (non-hydrogen) atoms. The van der Waals surface area contributed by atoms with Crippen LogP contribution in [-0.4, -0.2) is 33.2 Å². The van der Waals surface area contributed by atoms with E-state index in [-0.39, 0.29) is 33.7 Å². The van der Waals surface area contributed by atoms with Gasteiger partial charge in [0.25, 0.3) is 16.8 Å². The number of hydrogen-bond acceptors (Lipinski definition) is 7. The number of aromatic hydroxyl groups is 1. The molecule has 0 atom stereocenters. The lowest BCUT2D eigenvalue weighted by atomic mass is 10.1. The maximum Gasteiger partial charge on any atom is 0.293 e. The van der Waals surface area contributed by atoms with Crippen LogP contribution in [0.5, 0.6) is 11.5 Å². The summed E-state index contributed by atoms with van der Waals surface area (Å²) in [7, 11) is 1.36. The van der Waals surface area contributed by atoms with Gasteiger partial charge in [-0.15, -0.1) is 0 Å². The minimum absolute atomic E-state index is 0.0430. The minimum Gasteiger partial charge on any atom is -0.503 e. The van der Waals surface area contributed by atoms with E-state index in [4.69, 9.17) is 16.3 Å². The maximum absolute atomic E-state index is 12.6. The molecule has 3 rings (SSSR count). The zero-order valence-corrected chi connectivity index (χ0v) is 16.0. The lowest BCUT2D eigenvalue weighted by Crippen LogP contribution is -2.27. The molecule has 0 radical (unpaired) electrons. The van der Waals surface area contributed by atoms with Crippen molar-refractivity contribution in [2.75, 3.05) is 7.11 Å². The van der Waals surface area contributed by atoms with Crippen LogP contribution < -0.4 is 4.74 Å². The smallest absolute Gasteiger partial charge is 0.293 e. The van der Waals surface area contributed by atoms with Gasteiger partial charge < -0.3 is 9.84 Å². The van der Waals surface area contributed by atoms with Gasteiger partial charge in [-0.1, -0.05) is 23.7 Å². The monoisotopic (exact) mass is 420 g/mol. The summed E-state index contributed by atoms with van der Waals surface area (Å²) in [5.74, 6) is -0.612. The fraction of sp³-hybridized carbons (Fsp3) is 0.111. The number of nitrogens with zero attached hydrogens (tertiary/aromatic N) is 2. The molecule has 1 N–H and O–H groups in total. The first-order valence-electron chi connectivity index (χ1n) is 7.85. The van der Waals surface area contributed by atoms with E-state index in [0.717, 1.165) is 16.7 Å². The number of thioether (sulfide) groups is 1. The van der Waals surface area contributed by atoms with E-state index in [1.165, 1.54) is 43.5 Å². The van der Waals surface area contributed by atoms with E-state index < -0.39 is 16.1 Å². The van der Waals surface area contributed by atoms with E-state index >= 15 is 0 Å². The first-order chi connectivity index (χ1) is 13.3. The Morgan fingerprint density at radius 2 is 2.07 bits per heavy atom. The van der Waals surface area contributed by atoms with Gasteiger partial charge in [0, 0.05) is 12.1 Å². The van der Waals surface area contributed by atoms with Crippen molar-refractivity contribution in [1.82, 2.24) is 4.90 Å². The number of halogens is 1. The maximum atomic E-state index is 12.6. The number of methoxy groups -OCH3 is 1. The van der Waals surface area contributed by atoms with Gasteiger partial charge in [0.15, 0.2) is 11.5 Å². The third-order valence-corrected chi connectivity index (χ3v) is 5.10. The van der Waals surface area contributed by atoms with Gasteiger partial charge in [0.2, 0.25) is 0 Å². The number of hydrogen-bond donors (Lipinski definition) is 1. The highest BCUT2D eigenvalue weighted by atomic mass is 35.5. The Balaban J connectivity index is 1.86. The second-order valence-electron chi connectivity index (χ2n) is 5.75. The molecule has 1 fully saturated rings. The number of ether oxygens (including phenoxy) is 1. The molecule has 0 saturated carbocycles. The van der Waals surface area contributed by atoms with Crippen LogP contribution in [0.2, 0.25) is 5.02 Å². The number of phenolic OH excluding ortho intramolecular Hbond substituents is 1. The van der Waals surface area contributed by atoms with Gasteiger partial charge in [0.1, 0.15) is 0 Å². The zero-order chi connectivity index (χ0) is 20.4.